The molecule has 0 fully saturated rings. The summed E-state index contributed by atoms with van der Waals surface area (Å²) in [5.41, 5.74) is 2.44. The number of phenols is 1. The van der Waals surface area contributed by atoms with Crippen molar-refractivity contribution in [3.8, 4) is 33.6 Å². The molecule has 10 nitrogen and oxygen atoms in total. The van der Waals surface area contributed by atoms with E-state index in [4.69, 9.17) is 14.2 Å². The first-order chi connectivity index (χ1) is 21.0. The second-order valence-corrected chi connectivity index (χ2v) is 9.97. The normalized spacial score (nSPS) is 10.7. The lowest BCUT2D eigenvalue weighted by Crippen LogP contribution is -2.13. The van der Waals surface area contributed by atoms with E-state index in [9.17, 15) is 14.7 Å². The molecule has 6 rings (SSSR count). The van der Waals surface area contributed by atoms with Gasteiger partial charge >= 0.3 is 6.16 Å². The lowest BCUT2D eigenvalue weighted by molar-refractivity contribution is 0.0917. The number of hydrogen-bond acceptors (Lipinski definition) is 10. The smallest absolute Gasteiger partial charge is 0.504 e. The summed E-state index contributed by atoms with van der Waals surface area (Å²) in [6, 6.07) is 26.5. The molecule has 3 aromatic carbocycles. The van der Waals surface area contributed by atoms with Crippen LogP contribution < -0.4 is 14.8 Å². The largest absolute Gasteiger partial charge is 0.514 e. The molecule has 0 aliphatic heterocycles. The number of nitrogens with zero attached hydrogens (tertiary/aromatic N) is 3. The first-order valence-corrected chi connectivity index (χ1v) is 13.9. The SMILES string of the molecule is O=C(OCc1ccccc1)Oc1cc2nccc(Oc3ccc(NC(=O)c4csc(-c5ccccc5)n4)nc3)c2cc1O. The quantitative estimate of drug-likeness (QED) is 0.139. The highest BCUT2D eigenvalue weighted by atomic mass is 32.1. The van der Waals surface area contributed by atoms with Gasteiger partial charge in [0.25, 0.3) is 5.91 Å². The van der Waals surface area contributed by atoms with E-state index in [1.54, 1.807) is 23.6 Å². The van der Waals surface area contributed by atoms with E-state index in [1.807, 2.05) is 60.7 Å². The van der Waals surface area contributed by atoms with Gasteiger partial charge in [-0.25, -0.2) is 14.8 Å². The van der Waals surface area contributed by atoms with Gasteiger partial charge in [0.15, 0.2) is 11.5 Å². The zero-order valence-electron chi connectivity index (χ0n) is 22.3. The second kappa shape index (κ2) is 12.4. The van der Waals surface area contributed by atoms with Gasteiger partial charge < -0.3 is 24.6 Å². The van der Waals surface area contributed by atoms with Crippen LogP contribution >= 0.6 is 11.3 Å². The number of rotatable bonds is 8. The van der Waals surface area contributed by atoms with Crippen molar-refractivity contribution in [1.29, 1.82) is 0 Å². The Hall–Kier alpha value is -5.81. The minimum atomic E-state index is -0.962. The summed E-state index contributed by atoms with van der Waals surface area (Å²) in [4.78, 5) is 37.9. The van der Waals surface area contributed by atoms with Crippen LogP contribution in [-0.2, 0) is 11.3 Å². The fraction of sp³-hybridized carbons (Fsp3) is 0.0312. The van der Waals surface area contributed by atoms with Crippen LogP contribution in [0.25, 0.3) is 21.5 Å². The number of fused-ring (bicyclic) bond motifs is 1. The summed E-state index contributed by atoms with van der Waals surface area (Å²) in [6.45, 7) is 0.0286. The van der Waals surface area contributed by atoms with Crippen molar-refractivity contribution in [2.75, 3.05) is 5.32 Å². The molecule has 2 N–H and O–H groups in total. The molecule has 0 saturated carbocycles. The number of pyridine rings is 2. The highest BCUT2D eigenvalue weighted by Crippen LogP contribution is 2.36. The molecule has 1 amide bonds. The zero-order chi connectivity index (χ0) is 29.6. The van der Waals surface area contributed by atoms with Crippen molar-refractivity contribution >= 4 is 40.1 Å². The minimum absolute atomic E-state index is 0.0286. The second-order valence-electron chi connectivity index (χ2n) is 9.11. The van der Waals surface area contributed by atoms with E-state index in [1.165, 1.54) is 35.9 Å². The predicted octanol–water partition coefficient (Wildman–Crippen LogP) is 7.22. The number of thiazole rings is 1. The molecule has 0 spiro atoms. The molecule has 0 unspecified atom stereocenters. The first kappa shape index (κ1) is 27.4. The number of benzene rings is 3. The van der Waals surface area contributed by atoms with Crippen LogP contribution in [0.4, 0.5) is 10.6 Å². The van der Waals surface area contributed by atoms with Crippen molar-refractivity contribution < 1.29 is 28.9 Å². The molecule has 0 aliphatic carbocycles. The molecule has 212 valence electrons. The Morgan fingerprint density at radius 3 is 2.44 bits per heavy atom. The Kier molecular flexibility index (Phi) is 7.87. The number of aromatic nitrogens is 3. The number of aromatic hydroxyl groups is 1. The third-order valence-electron chi connectivity index (χ3n) is 6.14. The Morgan fingerprint density at radius 1 is 0.884 bits per heavy atom. The van der Waals surface area contributed by atoms with Crippen LogP contribution in [0.3, 0.4) is 0 Å². The standard InChI is InChI=1S/C32H22N4O6S/c37-26-15-23-24(16-28(26)42-32(39)40-18-20-7-3-1-4-8-20)33-14-13-27(23)41-22-11-12-29(34-17-22)36-30(38)25-19-43-31(35-25)21-9-5-2-6-10-21/h1-17,19,37H,18H2,(H,34,36,38). The summed E-state index contributed by atoms with van der Waals surface area (Å²) >= 11 is 1.39. The van der Waals surface area contributed by atoms with Gasteiger partial charge in [0.1, 0.15) is 34.6 Å². The van der Waals surface area contributed by atoms with Crippen molar-refractivity contribution in [1.82, 2.24) is 15.0 Å². The van der Waals surface area contributed by atoms with E-state index >= 15 is 0 Å². The molecular weight excluding hydrogens is 568 g/mol. The van der Waals surface area contributed by atoms with Crippen molar-refractivity contribution in [2.24, 2.45) is 0 Å². The summed E-state index contributed by atoms with van der Waals surface area (Å²) in [5, 5.41) is 16.2. The van der Waals surface area contributed by atoms with E-state index in [-0.39, 0.29) is 24.0 Å². The van der Waals surface area contributed by atoms with Gasteiger partial charge in [0, 0.05) is 28.6 Å². The Labute approximate surface area is 249 Å². The third-order valence-corrected chi connectivity index (χ3v) is 7.03. The third kappa shape index (κ3) is 6.58. The molecule has 0 saturated heterocycles. The molecule has 0 radical (unpaired) electrons. The van der Waals surface area contributed by atoms with Crippen LogP contribution in [0.1, 0.15) is 16.1 Å². The van der Waals surface area contributed by atoms with Gasteiger partial charge in [0.05, 0.1) is 11.7 Å². The molecule has 3 aromatic heterocycles. The number of nitrogens with one attached hydrogen (secondary N) is 1. The number of ether oxygens (including phenoxy) is 3. The van der Waals surface area contributed by atoms with Gasteiger partial charge in [-0.05, 0) is 29.8 Å². The first-order valence-electron chi connectivity index (χ1n) is 13.0. The Bertz CT molecular complexity index is 1900. The van der Waals surface area contributed by atoms with Gasteiger partial charge in [-0.3, -0.25) is 9.78 Å². The summed E-state index contributed by atoms with van der Waals surface area (Å²) < 4.78 is 16.3. The fourth-order valence-corrected chi connectivity index (χ4v) is 4.86. The highest BCUT2D eigenvalue weighted by Gasteiger charge is 2.16. The molecule has 0 atom stereocenters. The average Bonchev–Trinajstić information content (AvgIpc) is 3.54. The number of hydrogen-bond donors (Lipinski definition) is 2. The molecule has 6 aromatic rings. The summed E-state index contributed by atoms with van der Waals surface area (Å²) in [7, 11) is 0. The van der Waals surface area contributed by atoms with Gasteiger partial charge in [-0.1, -0.05) is 60.7 Å². The lowest BCUT2D eigenvalue weighted by atomic mass is 10.2. The zero-order valence-corrected chi connectivity index (χ0v) is 23.2. The molecular formula is C32H22N4O6S. The van der Waals surface area contributed by atoms with Crippen molar-refractivity contribution in [3.05, 3.63) is 120 Å². The van der Waals surface area contributed by atoms with Crippen molar-refractivity contribution in [3.63, 3.8) is 0 Å². The van der Waals surface area contributed by atoms with Gasteiger partial charge in [-0.15, -0.1) is 11.3 Å². The molecule has 0 bridgehead atoms. The minimum Gasteiger partial charge on any atom is -0.504 e. The van der Waals surface area contributed by atoms with E-state index in [0.717, 1.165) is 16.1 Å². The number of amides is 1. The number of carbonyl (C=O) groups is 2. The molecule has 3 heterocycles. The van der Waals surface area contributed by atoms with E-state index in [0.29, 0.717) is 33.9 Å². The maximum Gasteiger partial charge on any atom is 0.514 e. The van der Waals surface area contributed by atoms with Crippen LogP contribution in [0.2, 0.25) is 0 Å². The number of phenolic OH excluding ortho intramolecular Hbond substituents is 1. The van der Waals surface area contributed by atoms with Crippen LogP contribution in [0.5, 0.6) is 23.0 Å². The molecule has 0 aliphatic rings. The average molecular weight is 591 g/mol. The maximum absolute atomic E-state index is 12.7. The van der Waals surface area contributed by atoms with E-state index < -0.39 is 6.16 Å². The predicted molar refractivity (Wildman–Crippen MR) is 160 cm³/mol. The lowest BCUT2D eigenvalue weighted by Gasteiger charge is -2.12. The van der Waals surface area contributed by atoms with E-state index in [2.05, 4.69) is 20.3 Å². The topological polar surface area (TPSA) is 133 Å². The summed E-state index contributed by atoms with van der Waals surface area (Å²) in [6.07, 6.45) is 2.01. The Morgan fingerprint density at radius 2 is 1.67 bits per heavy atom. The summed E-state index contributed by atoms with van der Waals surface area (Å²) in [5.74, 6) is 0.313. The Balaban J connectivity index is 1.10. The molecule has 43 heavy (non-hydrogen) atoms. The van der Waals surface area contributed by atoms with Crippen LogP contribution in [0, 0.1) is 0 Å². The highest BCUT2D eigenvalue weighted by molar-refractivity contribution is 7.13. The van der Waals surface area contributed by atoms with Crippen LogP contribution in [-0.4, -0.2) is 32.1 Å². The maximum atomic E-state index is 12.7. The molecule has 11 heteroatoms. The fourth-order valence-electron chi connectivity index (χ4n) is 4.06. The number of anilines is 1. The van der Waals surface area contributed by atoms with Crippen molar-refractivity contribution in [2.45, 2.75) is 6.61 Å². The van der Waals surface area contributed by atoms with Gasteiger partial charge in [0.2, 0.25) is 0 Å². The van der Waals surface area contributed by atoms with Crippen LogP contribution in [0.15, 0.2) is 109 Å². The number of carbonyl (C=O) groups excluding carboxylic acids is 2. The monoisotopic (exact) mass is 590 g/mol. The van der Waals surface area contributed by atoms with Gasteiger partial charge in [-0.2, -0.15) is 0 Å².